The molecule has 0 aliphatic heterocycles. The van der Waals surface area contributed by atoms with Gasteiger partial charge in [0.2, 0.25) is 0 Å². The number of nitrogens with zero attached hydrogens (tertiary/aromatic N) is 2. The largest absolute Gasteiger partial charge is 0.246 e. The number of aliphatic imine (C=N–C) groups is 2. The van der Waals surface area contributed by atoms with Crippen molar-refractivity contribution in [3.8, 4) is 0 Å². The van der Waals surface area contributed by atoms with E-state index in [-0.39, 0.29) is 0 Å². The molecule has 0 fully saturated rings. The molecule has 0 radical (unpaired) electrons. The highest BCUT2D eigenvalue weighted by Gasteiger charge is 2.27. The Morgan fingerprint density at radius 3 is 1.47 bits per heavy atom. The fourth-order valence-corrected chi connectivity index (χ4v) is 4.14. The van der Waals surface area contributed by atoms with Gasteiger partial charge in [0.25, 0.3) is 0 Å². The highest BCUT2D eigenvalue weighted by atomic mass is 14.8. The number of aryl methyl sites for hydroxylation is 4. The van der Waals surface area contributed by atoms with Gasteiger partial charge < -0.3 is 0 Å². The molecule has 5 rings (SSSR count). The molecule has 0 atom stereocenters. The van der Waals surface area contributed by atoms with Crippen LogP contribution in [0.3, 0.4) is 0 Å². The summed E-state index contributed by atoms with van der Waals surface area (Å²) in [5.74, 6) is 0. The number of rotatable bonds is 2. The molecule has 2 nitrogen and oxygen atoms in total. The molecule has 0 aromatic heterocycles. The Kier molecular flexibility index (Phi) is 4.36. The summed E-state index contributed by atoms with van der Waals surface area (Å²) in [6.07, 6.45) is 0. The van der Waals surface area contributed by atoms with E-state index in [4.69, 9.17) is 9.98 Å². The number of benzene rings is 4. The van der Waals surface area contributed by atoms with E-state index in [9.17, 15) is 0 Å². The molecule has 0 saturated carbocycles. The van der Waals surface area contributed by atoms with E-state index in [0.29, 0.717) is 0 Å². The summed E-state index contributed by atoms with van der Waals surface area (Å²) < 4.78 is 0. The maximum absolute atomic E-state index is 5.17. The van der Waals surface area contributed by atoms with Gasteiger partial charge in [0.1, 0.15) is 0 Å². The molecule has 2 heteroatoms. The molecule has 0 saturated heterocycles. The Balaban J connectivity index is 1.82. The summed E-state index contributed by atoms with van der Waals surface area (Å²) in [6, 6.07) is 25.7. The van der Waals surface area contributed by atoms with Gasteiger partial charge in [-0.25, -0.2) is 9.98 Å². The molecule has 0 heterocycles. The SMILES string of the molecule is Cc1ccc(C)c(N=C2C(=Nc3cc(C)ccc3C)c3cccc4cccc2c34)c1. The Labute approximate surface area is 177 Å². The van der Waals surface area contributed by atoms with Crippen molar-refractivity contribution >= 4 is 33.6 Å². The van der Waals surface area contributed by atoms with Crippen LogP contribution in [0.15, 0.2) is 82.8 Å². The number of hydrogen-bond acceptors (Lipinski definition) is 2. The average molecular weight is 389 g/mol. The lowest BCUT2D eigenvalue weighted by Gasteiger charge is -2.08. The predicted molar refractivity (Wildman–Crippen MR) is 128 cm³/mol. The maximum Gasteiger partial charge on any atom is 0.0978 e. The molecular formula is C28H24N2. The molecule has 4 aromatic rings. The van der Waals surface area contributed by atoms with E-state index in [1.165, 1.54) is 33.0 Å². The summed E-state index contributed by atoms with van der Waals surface area (Å²) in [5, 5.41) is 2.47. The van der Waals surface area contributed by atoms with E-state index in [2.05, 4.69) is 100 Å². The van der Waals surface area contributed by atoms with E-state index >= 15 is 0 Å². The molecule has 0 N–H and O–H groups in total. The lowest BCUT2D eigenvalue weighted by molar-refractivity contribution is 1.34. The van der Waals surface area contributed by atoms with Crippen molar-refractivity contribution in [1.82, 2.24) is 0 Å². The van der Waals surface area contributed by atoms with Crippen molar-refractivity contribution in [2.45, 2.75) is 27.7 Å². The van der Waals surface area contributed by atoms with Crippen LogP contribution >= 0.6 is 0 Å². The summed E-state index contributed by atoms with van der Waals surface area (Å²) >= 11 is 0. The van der Waals surface area contributed by atoms with Crippen LogP contribution in [-0.4, -0.2) is 11.4 Å². The van der Waals surface area contributed by atoms with Gasteiger partial charge in [-0.3, -0.25) is 0 Å². The third kappa shape index (κ3) is 3.05. The van der Waals surface area contributed by atoms with E-state index in [1.54, 1.807) is 0 Å². The first kappa shape index (κ1) is 18.5. The minimum atomic E-state index is 0.955. The first-order valence-electron chi connectivity index (χ1n) is 10.4. The van der Waals surface area contributed by atoms with Crippen molar-refractivity contribution in [3.63, 3.8) is 0 Å². The molecule has 1 aliphatic rings. The molecule has 30 heavy (non-hydrogen) atoms. The maximum atomic E-state index is 5.17. The van der Waals surface area contributed by atoms with Gasteiger partial charge in [0.05, 0.1) is 22.8 Å². The first-order valence-corrected chi connectivity index (χ1v) is 10.4. The van der Waals surface area contributed by atoms with Crippen molar-refractivity contribution in [2.24, 2.45) is 9.98 Å². The van der Waals surface area contributed by atoms with Crippen LogP contribution in [0.2, 0.25) is 0 Å². The Bertz CT molecular complexity index is 1270. The summed E-state index contributed by atoms with van der Waals surface area (Å²) in [4.78, 5) is 10.3. The molecule has 0 unspecified atom stereocenters. The number of hydrogen-bond donors (Lipinski definition) is 0. The van der Waals surface area contributed by atoms with Gasteiger partial charge in [-0.05, 0) is 67.5 Å². The van der Waals surface area contributed by atoms with Gasteiger partial charge in [0.15, 0.2) is 0 Å². The molecular weight excluding hydrogens is 364 g/mol. The lowest BCUT2D eigenvalue weighted by atomic mass is 10.1. The van der Waals surface area contributed by atoms with Gasteiger partial charge in [0, 0.05) is 16.5 Å². The minimum Gasteiger partial charge on any atom is -0.246 e. The summed E-state index contributed by atoms with van der Waals surface area (Å²) in [6.45, 7) is 8.45. The average Bonchev–Trinajstić information content (AvgIpc) is 3.03. The van der Waals surface area contributed by atoms with Gasteiger partial charge in [-0.1, -0.05) is 60.7 Å². The predicted octanol–water partition coefficient (Wildman–Crippen LogP) is 7.33. The Morgan fingerprint density at radius 2 is 1.00 bits per heavy atom. The van der Waals surface area contributed by atoms with Crippen LogP contribution in [0.1, 0.15) is 33.4 Å². The van der Waals surface area contributed by atoms with Crippen molar-refractivity contribution in [1.29, 1.82) is 0 Å². The molecule has 4 aromatic carbocycles. The lowest BCUT2D eigenvalue weighted by Crippen LogP contribution is -2.10. The summed E-state index contributed by atoms with van der Waals surface area (Å²) in [7, 11) is 0. The first-order chi connectivity index (χ1) is 14.5. The van der Waals surface area contributed by atoms with Crippen LogP contribution in [0.25, 0.3) is 10.8 Å². The van der Waals surface area contributed by atoms with Crippen LogP contribution in [0.5, 0.6) is 0 Å². The smallest absolute Gasteiger partial charge is 0.0978 e. The zero-order valence-electron chi connectivity index (χ0n) is 17.8. The van der Waals surface area contributed by atoms with E-state index in [1.807, 2.05) is 0 Å². The summed E-state index contributed by atoms with van der Waals surface area (Å²) in [5.41, 5.74) is 11.0. The molecule has 0 amide bonds. The van der Waals surface area contributed by atoms with Gasteiger partial charge in [-0.2, -0.15) is 0 Å². The van der Waals surface area contributed by atoms with E-state index < -0.39 is 0 Å². The minimum absolute atomic E-state index is 0.955. The standard InChI is InChI=1S/C28H24N2/c1-17-11-13-19(3)24(15-17)29-27-22-9-5-7-21-8-6-10-23(26(21)22)28(27)30-25-16-18(2)12-14-20(25)4/h5-16H,1-4H3. The van der Waals surface area contributed by atoms with E-state index in [0.717, 1.165) is 33.9 Å². The molecule has 0 spiro atoms. The zero-order valence-corrected chi connectivity index (χ0v) is 17.8. The third-order valence-electron chi connectivity index (χ3n) is 5.83. The topological polar surface area (TPSA) is 24.7 Å². The van der Waals surface area contributed by atoms with Crippen LogP contribution < -0.4 is 0 Å². The van der Waals surface area contributed by atoms with Crippen molar-refractivity contribution < 1.29 is 0 Å². The second-order valence-corrected chi connectivity index (χ2v) is 8.21. The fourth-order valence-electron chi connectivity index (χ4n) is 4.14. The monoisotopic (exact) mass is 388 g/mol. The van der Waals surface area contributed by atoms with Crippen LogP contribution in [0.4, 0.5) is 11.4 Å². The zero-order chi connectivity index (χ0) is 20.8. The molecule has 1 aliphatic carbocycles. The quantitative estimate of drug-likeness (QED) is 0.343. The van der Waals surface area contributed by atoms with Crippen LogP contribution in [-0.2, 0) is 0 Å². The van der Waals surface area contributed by atoms with Gasteiger partial charge in [-0.15, -0.1) is 0 Å². The second kappa shape index (κ2) is 7.07. The molecule has 146 valence electrons. The fraction of sp³-hybridized carbons (Fsp3) is 0.143. The van der Waals surface area contributed by atoms with Crippen molar-refractivity contribution in [3.05, 3.63) is 106 Å². The normalized spacial score (nSPS) is 15.5. The molecule has 0 bridgehead atoms. The Morgan fingerprint density at radius 1 is 0.533 bits per heavy atom. The highest BCUT2D eigenvalue weighted by molar-refractivity contribution is 6.61. The highest BCUT2D eigenvalue weighted by Crippen LogP contribution is 2.35. The van der Waals surface area contributed by atoms with Gasteiger partial charge >= 0.3 is 0 Å². The second-order valence-electron chi connectivity index (χ2n) is 8.21. The third-order valence-corrected chi connectivity index (χ3v) is 5.83. The Hall–Kier alpha value is -3.52. The van der Waals surface area contributed by atoms with Crippen molar-refractivity contribution in [2.75, 3.05) is 0 Å². The van der Waals surface area contributed by atoms with Crippen LogP contribution in [0, 0.1) is 27.7 Å².